The van der Waals surface area contributed by atoms with Gasteiger partial charge in [0.2, 0.25) is 0 Å². The van der Waals surface area contributed by atoms with Crippen molar-refractivity contribution in [1.82, 2.24) is 4.90 Å². The van der Waals surface area contributed by atoms with Crippen LogP contribution >= 0.6 is 0 Å². The van der Waals surface area contributed by atoms with Gasteiger partial charge in [0.25, 0.3) is 0 Å². The topological polar surface area (TPSA) is 38.5 Å². The Bertz CT molecular complexity index is 384. The van der Waals surface area contributed by atoms with E-state index in [1.54, 1.807) is 0 Å². The molecule has 1 aromatic carbocycles. The Morgan fingerprint density at radius 3 is 2.58 bits per heavy atom. The molecule has 1 aliphatic rings. The molecule has 1 saturated heterocycles. The van der Waals surface area contributed by atoms with Gasteiger partial charge < -0.3 is 10.5 Å². The summed E-state index contributed by atoms with van der Waals surface area (Å²) in [5.41, 5.74) is 7.04. The zero-order valence-electron chi connectivity index (χ0n) is 12.1. The molecule has 2 rings (SSSR count). The molecule has 2 N–H and O–H groups in total. The van der Waals surface area contributed by atoms with Crippen molar-refractivity contribution in [3.63, 3.8) is 0 Å². The Morgan fingerprint density at radius 1 is 1.26 bits per heavy atom. The lowest BCUT2D eigenvalue weighted by atomic mass is 9.97. The van der Waals surface area contributed by atoms with Crippen molar-refractivity contribution in [1.29, 1.82) is 0 Å². The summed E-state index contributed by atoms with van der Waals surface area (Å²) in [7, 11) is 0. The fourth-order valence-corrected chi connectivity index (χ4v) is 2.62. The highest BCUT2D eigenvalue weighted by Crippen LogP contribution is 2.24. The molecule has 3 heteroatoms. The second-order valence-electron chi connectivity index (χ2n) is 5.73. The number of benzene rings is 1. The fourth-order valence-electron chi connectivity index (χ4n) is 2.62. The van der Waals surface area contributed by atoms with Gasteiger partial charge in [-0.2, -0.15) is 0 Å². The molecule has 1 heterocycles. The first-order chi connectivity index (χ1) is 9.19. The highest BCUT2D eigenvalue weighted by atomic mass is 16.5. The maximum absolute atomic E-state index is 5.88. The van der Waals surface area contributed by atoms with Crippen LogP contribution in [-0.4, -0.2) is 30.6 Å². The molecule has 0 atom stereocenters. The van der Waals surface area contributed by atoms with E-state index < -0.39 is 0 Å². The van der Waals surface area contributed by atoms with Gasteiger partial charge in [0.15, 0.2) is 0 Å². The fraction of sp³-hybridized carbons (Fsp3) is 0.625. The molecule has 0 unspecified atom stereocenters. The molecule has 1 aliphatic heterocycles. The van der Waals surface area contributed by atoms with Crippen LogP contribution in [-0.2, 0) is 6.54 Å². The quantitative estimate of drug-likeness (QED) is 0.886. The predicted molar refractivity (Wildman–Crippen MR) is 79.3 cm³/mol. The molecule has 1 fully saturated rings. The monoisotopic (exact) mass is 262 g/mol. The summed E-state index contributed by atoms with van der Waals surface area (Å²) in [6.45, 7) is 8.27. The van der Waals surface area contributed by atoms with Crippen LogP contribution < -0.4 is 10.5 Å². The third-order valence-electron chi connectivity index (χ3n) is 3.77. The smallest absolute Gasteiger partial charge is 0.124 e. The van der Waals surface area contributed by atoms with Crippen molar-refractivity contribution in [2.45, 2.75) is 39.3 Å². The number of rotatable bonds is 5. The average molecular weight is 262 g/mol. The van der Waals surface area contributed by atoms with Crippen molar-refractivity contribution in [3.05, 3.63) is 29.8 Å². The number of likely N-dealkylation sites (tertiary alicyclic amines) is 1. The van der Waals surface area contributed by atoms with Gasteiger partial charge in [0.05, 0.1) is 6.10 Å². The predicted octanol–water partition coefficient (Wildman–Crippen LogP) is 2.64. The minimum atomic E-state index is 0.226. The third kappa shape index (κ3) is 4.22. The summed E-state index contributed by atoms with van der Waals surface area (Å²) in [5.74, 6) is 1.75. The first-order valence-corrected chi connectivity index (χ1v) is 7.36. The number of hydrogen-bond acceptors (Lipinski definition) is 3. The molecule has 0 spiro atoms. The van der Waals surface area contributed by atoms with Gasteiger partial charge in [-0.25, -0.2) is 0 Å². The largest absolute Gasteiger partial charge is 0.491 e. The van der Waals surface area contributed by atoms with E-state index in [9.17, 15) is 0 Å². The zero-order valence-corrected chi connectivity index (χ0v) is 12.1. The number of nitrogens with zero attached hydrogens (tertiary/aromatic N) is 1. The summed E-state index contributed by atoms with van der Waals surface area (Å²) in [5, 5.41) is 0. The molecule has 0 saturated carbocycles. The van der Waals surface area contributed by atoms with Crippen molar-refractivity contribution < 1.29 is 4.74 Å². The van der Waals surface area contributed by atoms with Crippen LogP contribution in [0, 0.1) is 5.92 Å². The summed E-state index contributed by atoms with van der Waals surface area (Å²) >= 11 is 0. The third-order valence-corrected chi connectivity index (χ3v) is 3.77. The van der Waals surface area contributed by atoms with Gasteiger partial charge in [-0.1, -0.05) is 18.2 Å². The Morgan fingerprint density at radius 2 is 1.95 bits per heavy atom. The van der Waals surface area contributed by atoms with E-state index in [2.05, 4.69) is 36.9 Å². The Kier molecular flexibility index (Phi) is 5.23. The van der Waals surface area contributed by atoms with Crippen molar-refractivity contribution in [3.8, 4) is 5.75 Å². The maximum atomic E-state index is 5.88. The van der Waals surface area contributed by atoms with E-state index in [1.165, 1.54) is 18.4 Å². The molecule has 0 amide bonds. The highest BCUT2D eigenvalue weighted by Gasteiger charge is 2.19. The SMILES string of the molecule is CC(C)Oc1ccccc1CN1CCC(CN)CC1. The van der Waals surface area contributed by atoms with Gasteiger partial charge in [-0.3, -0.25) is 4.90 Å². The second kappa shape index (κ2) is 6.92. The van der Waals surface area contributed by atoms with Gasteiger partial charge in [0.1, 0.15) is 5.75 Å². The molecule has 19 heavy (non-hydrogen) atoms. The van der Waals surface area contributed by atoms with Crippen LogP contribution in [0.5, 0.6) is 5.75 Å². The standard InChI is InChI=1S/C16H26N2O/c1-13(2)19-16-6-4-3-5-15(16)12-18-9-7-14(11-17)8-10-18/h3-6,13-14H,7-12,17H2,1-2H3. The maximum Gasteiger partial charge on any atom is 0.124 e. The van der Waals surface area contributed by atoms with E-state index >= 15 is 0 Å². The number of nitrogens with two attached hydrogens (primary N) is 1. The highest BCUT2D eigenvalue weighted by molar-refractivity contribution is 5.33. The molecule has 0 bridgehead atoms. The van der Waals surface area contributed by atoms with Crippen LogP contribution in [0.4, 0.5) is 0 Å². The first-order valence-electron chi connectivity index (χ1n) is 7.36. The second-order valence-corrected chi connectivity index (χ2v) is 5.73. The van der Waals surface area contributed by atoms with Gasteiger partial charge in [-0.05, 0) is 58.3 Å². The van der Waals surface area contributed by atoms with Crippen LogP contribution in [0.2, 0.25) is 0 Å². The van der Waals surface area contributed by atoms with E-state index in [1.807, 2.05) is 6.07 Å². The van der Waals surface area contributed by atoms with Crippen LogP contribution in [0.1, 0.15) is 32.3 Å². The number of ether oxygens (including phenoxy) is 1. The first kappa shape index (κ1) is 14.4. The molecule has 0 aromatic heterocycles. The average Bonchev–Trinajstić information content (AvgIpc) is 2.41. The molecule has 3 nitrogen and oxygen atoms in total. The molecule has 0 aliphatic carbocycles. The molecule has 1 aromatic rings. The van der Waals surface area contributed by atoms with Crippen LogP contribution in [0.15, 0.2) is 24.3 Å². The van der Waals surface area contributed by atoms with Crippen molar-refractivity contribution >= 4 is 0 Å². The van der Waals surface area contributed by atoms with E-state index in [4.69, 9.17) is 10.5 Å². The number of hydrogen-bond donors (Lipinski definition) is 1. The number of para-hydroxylation sites is 1. The Balaban J connectivity index is 1.95. The van der Waals surface area contributed by atoms with Gasteiger partial charge >= 0.3 is 0 Å². The minimum Gasteiger partial charge on any atom is -0.491 e. The van der Waals surface area contributed by atoms with Gasteiger partial charge in [0, 0.05) is 12.1 Å². The molecule has 106 valence electrons. The summed E-state index contributed by atoms with van der Waals surface area (Å²) in [6, 6.07) is 8.38. The molecule has 0 radical (unpaired) electrons. The lowest BCUT2D eigenvalue weighted by Gasteiger charge is -2.31. The normalized spacial score (nSPS) is 17.9. The van der Waals surface area contributed by atoms with E-state index in [-0.39, 0.29) is 6.10 Å². The van der Waals surface area contributed by atoms with Crippen LogP contribution in [0.3, 0.4) is 0 Å². The Hall–Kier alpha value is -1.06. The lowest BCUT2D eigenvalue weighted by molar-refractivity contribution is 0.175. The van der Waals surface area contributed by atoms with Crippen molar-refractivity contribution in [2.75, 3.05) is 19.6 Å². The summed E-state index contributed by atoms with van der Waals surface area (Å²) in [4.78, 5) is 2.51. The minimum absolute atomic E-state index is 0.226. The molecular formula is C16H26N2O. The number of piperidine rings is 1. The lowest BCUT2D eigenvalue weighted by Crippen LogP contribution is -2.35. The van der Waals surface area contributed by atoms with Gasteiger partial charge in [-0.15, -0.1) is 0 Å². The van der Waals surface area contributed by atoms with E-state index in [0.717, 1.165) is 37.8 Å². The zero-order chi connectivity index (χ0) is 13.7. The summed E-state index contributed by atoms with van der Waals surface area (Å²) in [6.07, 6.45) is 2.68. The summed E-state index contributed by atoms with van der Waals surface area (Å²) < 4.78 is 5.88. The van der Waals surface area contributed by atoms with Crippen molar-refractivity contribution in [2.24, 2.45) is 11.7 Å². The van der Waals surface area contributed by atoms with Crippen LogP contribution in [0.25, 0.3) is 0 Å². The van der Waals surface area contributed by atoms with E-state index in [0.29, 0.717) is 0 Å². The molecular weight excluding hydrogens is 236 g/mol. The Labute approximate surface area is 116 Å².